The first-order valence-electron chi connectivity index (χ1n) is 10.5. The third kappa shape index (κ3) is 7.80. The molecule has 2 unspecified atom stereocenters. The van der Waals surface area contributed by atoms with Gasteiger partial charge in [-0.2, -0.15) is 4.98 Å². The molecule has 0 fully saturated rings. The molecule has 3 N–H and O–H groups in total. The molecule has 3 aromatic rings. The molecule has 174 valence electrons. The second-order valence-corrected chi connectivity index (χ2v) is 8.82. The number of anilines is 1. The van der Waals surface area contributed by atoms with Gasteiger partial charge in [-0.3, -0.25) is 10.1 Å². The third-order valence-corrected chi connectivity index (χ3v) is 6.14. The first-order valence-corrected chi connectivity index (χ1v) is 11.9. The van der Waals surface area contributed by atoms with E-state index in [1.807, 2.05) is 68.4 Å². The van der Waals surface area contributed by atoms with Gasteiger partial charge in [0, 0.05) is 10.8 Å². The van der Waals surface area contributed by atoms with E-state index >= 15 is 0 Å². The minimum absolute atomic E-state index is 0.115. The molecule has 0 bridgehead atoms. The van der Waals surface area contributed by atoms with E-state index in [1.165, 1.54) is 11.8 Å². The Hall–Kier alpha value is -3.04. The van der Waals surface area contributed by atoms with Gasteiger partial charge >= 0.3 is 6.09 Å². The summed E-state index contributed by atoms with van der Waals surface area (Å²) in [5, 5.41) is 13.4. The van der Waals surface area contributed by atoms with Crippen LogP contribution < -0.4 is 10.6 Å². The molecule has 0 saturated heterocycles. The Morgan fingerprint density at radius 2 is 1.85 bits per heavy atom. The summed E-state index contributed by atoms with van der Waals surface area (Å²) >= 11 is 7.33. The fraction of sp³-hybridized carbons (Fsp3) is 0.304. The summed E-state index contributed by atoms with van der Waals surface area (Å²) in [7, 11) is 0. The molecule has 33 heavy (non-hydrogen) atoms. The number of rotatable bonds is 10. The van der Waals surface area contributed by atoms with Crippen molar-refractivity contribution in [1.82, 2.24) is 20.5 Å². The minimum atomic E-state index is -0.784. The van der Waals surface area contributed by atoms with Gasteiger partial charge in [0.1, 0.15) is 12.6 Å². The van der Waals surface area contributed by atoms with Gasteiger partial charge in [0.2, 0.25) is 17.0 Å². The number of carbonyl (C=O) groups excluding carboxylic acids is 2. The van der Waals surface area contributed by atoms with E-state index in [0.29, 0.717) is 22.4 Å². The van der Waals surface area contributed by atoms with E-state index in [4.69, 9.17) is 16.3 Å². The molecule has 3 rings (SSSR count). The number of benzene rings is 2. The lowest BCUT2D eigenvalue weighted by Crippen LogP contribution is -2.48. The van der Waals surface area contributed by atoms with Crippen molar-refractivity contribution < 1.29 is 14.3 Å². The maximum Gasteiger partial charge on any atom is 0.408 e. The fourth-order valence-electron chi connectivity index (χ4n) is 2.88. The number of alkyl carbamates (subject to hydrolysis) is 1. The number of hydrogen-bond donors (Lipinski definition) is 3. The zero-order chi connectivity index (χ0) is 23.6. The highest BCUT2D eigenvalue weighted by Crippen LogP contribution is 2.21. The van der Waals surface area contributed by atoms with Crippen LogP contribution in [0.5, 0.6) is 0 Å². The highest BCUT2D eigenvalue weighted by Gasteiger charge is 2.27. The standard InChI is InChI=1S/C23H26ClN5O3S/c1-3-15(2)19(25-23(31)32-13-16-7-5-4-6-8-16)20(30)26-21-27-22(29-28-21)33-14-17-9-11-18(24)12-10-17/h4-12,15,19H,3,13-14H2,1-2H3,(H,25,31)(H2,26,27,28,29,30). The van der Waals surface area contributed by atoms with Gasteiger partial charge in [0.05, 0.1) is 0 Å². The van der Waals surface area contributed by atoms with Gasteiger partial charge in [-0.1, -0.05) is 86.1 Å². The first kappa shape index (κ1) is 24.6. The van der Waals surface area contributed by atoms with E-state index in [-0.39, 0.29) is 18.5 Å². The van der Waals surface area contributed by atoms with Crippen LogP contribution in [-0.4, -0.2) is 33.2 Å². The monoisotopic (exact) mass is 487 g/mol. The number of nitrogens with one attached hydrogen (secondary N) is 3. The zero-order valence-corrected chi connectivity index (χ0v) is 19.9. The molecule has 0 aliphatic heterocycles. The number of ether oxygens (including phenoxy) is 1. The molecule has 2 amide bonds. The number of carbonyl (C=O) groups is 2. The van der Waals surface area contributed by atoms with E-state index in [0.717, 1.165) is 11.1 Å². The largest absolute Gasteiger partial charge is 0.445 e. The van der Waals surface area contributed by atoms with Gasteiger partial charge in [0.15, 0.2) is 0 Å². The smallest absolute Gasteiger partial charge is 0.408 e. The number of nitrogens with zero attached hydrogens (tertiary/aromatic N) is 2. The predicted molar refractivity (Wildman–Crippen MR) is 129 cm³/mol. The summed E-state index contributed by atoms with van der Waals surface area (Å²) in [4.78, 5) is 29.4. The van der Waals surface area contributed by atoms with Crippen LogP contribution in [0.25, 0.3) is 0 Å². The van der Waals surface area contributed by atoms with Crippen LogP contribution in [-0.2, 0) is 21.9 Å². The van der Waals surface area contributed by atoms with Crippen molar-refractivity contribution in [2.45, 2.75) is 43.8 Å². The summed E-state index contributed by atoms with van der Waals surface area (Å²) in [5.74, 6) is 0.362. The van der Waals surface area contributed by atoms with E-state index < -0.39 is 18.0 Å². The minimum Gasteiger partial charge on any atom is -0.445 e. The topological polar surface area (TPSA) is 109 Å². The summed E-state index contributed by atoms with van der Waals surface area (Å²) in [6, 6.07) is 16.1. The van der Waals surface area contributed by atoms with Crippen LogP contribution in [0, 0.1) is 5.92 Å². The van der Waals surface area contributed by atoms with Crippen molar-refractivity contribution in [3.05, 3.63) is 70.7 Å². The van der Waals surface area contributed by atoms with Crippen LogP contribution in [0.15, 0.2) is 59.8 Å². The summed E-state index contributed by atoms with van der Waals surface area (Å²) in [6.07, 6.45) is 0.0337. The average Bonchev–Trinajstić information content (AvgIpc) is 3.28. The number of H-pyrrole nitrogens is 1. The zero-order valence-electron chi connectivity index (χ0n) is 18.4. The molecule has 1 aromatic heterocycles. The number of aromatic nitrogens is 3. The Bertz CT molecular complexity index is 1050. The third-order valence-electron chi connectivity index (χ3n) is 4.97. The van der Waals surface area contributed by atoms with Crippen molar-refractivity contribution >= 4 is 41.3 Å². The lowest BCUT2D eigenvalue weighted by molar-refractivity contribution is -0.119. The summed E-state index contributed by atoms with van der Waals surface area (Å²) < 4.78 is 5.26. The van der Waals surface area contributed by atoms with Crippen molar-refractivity contribution in [2.24, 2.45) is 5.92 Å². The highest BCUT2D eigenvalue weighted by molar-refractivity contribution is 7.98. The SMILES string of the molecule is CCC(C)C(NC(=O)OCc1ccccc1)C(=O)Nc1nc(SCc2ccc(Cl)cc2)n[nH]1. The highest BCUT2D eigenvalue weighted by atomic mass is 35.5. The lowest BCUT2D eigenvalue weighted by atomic mass is 9.98. The molecule has 0 aliphatic carbocycles. The molecule has 0 aliphatic rings. The quantitative estimate of drug-likeness (QED) is 0.346. The molecular weight excluding hydrogens is 462 g/mol. The van der Waals surface area contributed by atoms with Crippen molar-refractivity contribution in [2.75, 3.05) is 5.32 Å². The first-order chi connectivity index (χ1) is 15.9. The molecule has 2 atom stereocenters. The molecule has 8 nitrogen and oxygen atoms in total. The van der Waals surface area contributed by atoms with Crippen LogP contribution in [0.1, 0.15) is 31.4 Å². The van der Waals surface area contributed by atoms with Gasteiger partial charge in [0.25, 0.3) is 0 Å². The molecule has 0 radical (unpaired) electrons. The Kier molecular flexibility index (Phi) is 9.14. The normalized spacial score (nSPS) is 12.6. The van der Waals surface area contributed by atoms with E-state index in [1.54, 1.807) is 0 Å². The number of hydrogen-bond acceptors (Lipinski definition) is 6. The van der Waals surface area contributed by atoms with E-state index in [2.05, 4.69) is 25.8 Å². The Labute approximate surface area is 201 Å². The van der Waals surface area contributed by atoms with Gasteiger partial charge in [-0.05, 0) is 29.2 Å². The predicted octanol–water partition coefficient (Wildman–Crippen LogP) is 5.03. The second-order valence-electron chi connectivity index (χ2n) is 7.44. The Morgan fingerprint density at radius 1 is 1.12 bits per heavy atom. The molecular formula is C23H26ClN5O3S. The molecule has 10 heteroatoms. The van der Waals surface area contributed by atoms with Gasteiger partial charge < -0.3 is 10.1 Å². The molecule has 2 aromatic carbocycles. The number of aromatic amines is 1. The van der Waals surface area contributed by atoms with Crippen LogP contribution in [0.3, 0.4) is 0 Å². The number of halogens is 1. The van der Waals surface area contributed by atoms with Crippen molar-refractivity contribution in [1.29, 1.82) is 0 Å². The van der Waals surface area contributed by atoms with Crippen LogP contribution in [0.4, 0.5) is 10.7 Å². The lowest BCUT2D eigenvalue weighted by Gasteiger charge is -2.22. The summed E-state index contributed by atoms with van der Waals surface area (Å²) in [6.45, 7) is 3.95. The maximum atomic E-state index is 12.9. The van der Waals surface area contributed by atoms with Gasteiger partial charge in [-0.25, -0.2) is 9.89 Å². The van der Waals surface area contributed by atoms with Crippen molar-refractivity contribution in [3.63, 3.8) is 0 Å². The van der Waals surface area contributed by atoms with Gasteiger partial charge in [-0.15, -0.1) is 5.10 Å². The fourth-order valence-corrected chi connectivity index (χ4v) is 3.76. The molecule has 0 saturated carbocycles. The van der Waals surface area contributed by atoms with Crippen molar-refractivity contribution in [3.8, 4) is 0 Å². The Balaban J connectivity index is 1.53. The van der Waals surface area contributed by atoms with Crippen LogP contribution >= 0.6 is 23.4 Å². The maximum absolute atomic E-state index is 12.9. The molecule has 0 spiro atoms. The average molecular weight is 488 g/mol. The summed E-state index contributed by atoms with van der Waals surface area (Å²) in [5.41, 5.74) is 1.94. The number of thioether (sulfide) groups is 1. The van der Waals surface area contributed by atoms with Crippen LogP contribution in [0.2, 0.25) is 5.02 Å². The number of amides is 2. The van der Waals surface area contributed by atoms with E-state index in [9.17, 15) is 9.59 Å². The Morgan fingerprint density at radius 3 is 2.55 bits per heavy atom. The molecule has 1 heterocycles. The second kappa shape index (κ2) is 12.3.